The molecule has 7 heteroatoms. The number of amides is 3. The van der Waals surface area contributed by atoms with Crippen LogP contribution in [-0.4, -0.2) is 43.0 Å². The third-order valence-electron chi connectivity index (χ3n) is 5.46. The van der Waals surface area contributed by atoms with Crippen LogP contribution < -0.4 is 16.4 Å². The van der Waals surface area contributed by atoms with Gasteiger partial charge in [0, 0.05) is 37.4 Å². The largest absolute Gasteiger partial charge is 0.339 e. The summed E-state index contributed by atoms with van der Waals surface area (Å²) in [5.74, 6) is 0.363. The summed E-state index contributed by atoms with van der Waals surface area (Å²) in [4.78, 5) is 26.8. The van der Waals surface area contributed by atoms with Crippen molar-refractivity contribution in [3.8, 4) is 6.07 Å². The van der Waals surface area contributed by atoms with E-state index >= 15 is 0 Å². The van der Waals surface area contributed by atoms with E-state index in [1.54, 1.807) is 12.1 Å². The van der Waals surface area contributed by atoms with Gasteiger partial charge in [-0.25, -0.2) is 4.79 Å². The highest BCUT2D eigenvalue weighted by Crippen LogP contribution is 2.29. The van der Waals surface area contributed by atoms with E-state index in [4.69, 9.17) is 11.0 Å². The molecule has 3 amide bonds. The lowest BCUT2D eigenvalue weighted by atomic mass is 9.89. The van der Waals surface area contributed by atoms with Crippen LogP contribution in [0, 0.1) is 18.3 Å². The minimum Gasteiger partial charge on any atom is -0.339 e. The molecule has 0 unspecified atom stereocenters. The highest BCUT2D eigenvalue weighted by Gasteiger charge is 2.25. The van der Waals surface area contributed by atoms with Crippen LogP contribution in [0.3, 0.4) is 0 Å². The summed E-state index contributed by atoms with van der Waals surface area (Å²) >= 11 is 0. The number of aryl methyl sites for hydroxylation is 1. The Balaban J connectivity index is 1.62. The topological polar surface area (TPSA) is 111 Å². The second-order valence-corrected chi connectivity index (χ2v) is 7.50. The minimum absolute atomic E-state index is 0.0290. The fourth-order valence-electron chi connectivity index (χ4n) is 3.67. The molecule has 0 spiro atoms. The van der Waals surface area contributed by atoms with Gasteiger partial charge in [0.2, 0.25) is 0 Å². The molecule has 30 heavy (non-hydrogen) atoms. The Hall–Kier alpha value is -3.37. The Labute approximate surface area is 176 Å². The standard InChI is InChI=1S/C23H27N5O2/c1-16-2-5-20(14-21(16)27-23(30)26-11-10-24)22(29)28-12-8-19(9-13-28)18-6-3-17(15-25)4-7-18/h2-7,14,19H,8-13,24H2,1H3,(H2,26,27,30). The van der Waals surface area contributed by atoms with Gasteiger partial charge in [-0.2, -0.15) is 5.26 Å². The van der Waals surface area contributed by atoms with E-state index in [9.17, 15) is 9.59 Å². The molecule has 7 nitrogen and oxygen atoms in total. The number of carbonyl (C=O) groups is 2. The van der Waals surface area contributed by atoms with E-state index in [-0.39, 0.29) is 11.9 Å². The number of nitrogens with one attached hydrogen (secondary N) is 2. The van der Waals surface area contributed by atoms with Crippen molar-refractivity contribution in [2.75, 3.05) is 31.5 Å². The Morgan fingerprint density at radius 2 is 1.87 bits per heavy atom. The van der Waals surface area contributed by atoms with Gasteiger partial charge in [-0.3, -0.25) is 4.79 Å². The number of piperidine rings is 1. The smallest absolute Gasteiger partial charge is 0.319 e. The summed E-state index contributed by atoms with van der Waals surface area (Å²) in [5, 5.41) is 14.4. The van der Waals surface area contributed by atoms with Gasteiger partial charge < -0.3 is 21.3 Å². The number of likely N-dealkylation sites (tertiary alicyclic amines) is 1. The average molecular weight is 406 g/mol. The number of carbonyl (C=O) groups excluding carboxylic acids is 2. The molecule has 0 atom stereocenters. The van der Waals surface area contributed by atoms with Crippen molar-refractivity contribution in [2.24, 2.45) is 5.73 Å². The molecule has 1 fully saturated rings. The van der Waals surface area contributed by atoms with Crippen LogP contribution >= 0.6 is 0 Å². The number of anilines is 1. The van der Waals surface area contributed by atoms with Crippen LogP contribution in [0.25, 0.3) is 0 Å². The molecule has 0 aromatic heterocycles. The third-order valence-corrected chi connectivity index (χ3v) is 5.46. The number of nitrogens with zero attached hydrogens (tertiary/aromatic N) is 2. The van der Waals surface area contributed by atoms with E-state index in [0.717, 1.165) is 18.4 Å². The van der Waals surface area contributed by atoms with Crippen molar-refractivity contribution >= 4 is 17.6 Å². The second-order valence-electron chi connectivity index (χ2n) is 7.50. The molecule has 1 aliphatic rings. The molecular formula is C23H27N5O2. The predicted molar refractivity (Wildman–Crippen MR) is 116 cm³/mol. The van der Waals surface area contributed by atoms with Gasteiger partial charge in [-0.05, 0) is 61.1 Å². The lowest BCUT2D eigenvalue weighted by Crippen LogP contribution is -2.38. The first-order valence-electron chi connectivity index (χ1n) is 10.2. The second kappa shape index (κ2) is 9.90. The first kappa shape index (κ1) is 21.3. The number of nitrogens with two attached hydrogens (primary N) is 1. The van der Waals surface area contributed by atoms with E-state index in [1.165, 1.54) is 5.56 Å². The van der Waals surface area contributed by atoms with Crippen molar-refractivity contribution < 1.29 is 9.59 Å². The highest BCUT2D eigenvalue weighted by atomic mass is 16.2. The summed E-state index contributed by atoms with van der Waals surface area (Å²) in [6, 6.07) is 14.9. The fraction of sp³-hybridized carbons (Fsp3) is 0.348. The summed E-state index contributed by atoms with van der Waals surface area (Å²) in [6.07, 6.45) is 1.77. The van der Waals surface area contributed by atoms with Gasteiger partial charge in [-0.15, -0.1) is 0 Å². The van der Waals surface area contributed by atoms with Crippen molar-refractivity contribution in [3.63, 3.8) is 0 Å². The average Bonchev–Trinajstić information content (AvgIpc) is 2.79. The minimum atomic E-state index is -0.337. The van der Waals surface area contributed by atoms with E-state index in [0.29, 0.717) is 48.9 Å². The van der Waals surface area contributed by atoms with Gasteiger partial charge in [0.25, 0.3) is 5.91 Å². The SMILES string of the molecule is Cc1ccc(C(=O)N2CCC(c3ccc(C#N)cc3)CC2)cc1NC(=O)NCCN. The highest BCUT2D eigenvalue weighted by molar-refractivity contribution is 5.97. The van der Waals surface area contributed by atoms with E-state index < -0.39 is 0 Å². The molecule has 0 radical (unpaired) electrons. The molecule has 1 heterocycles. The van der Waals surface area contributed by atoms with Gasteiger partial charge in [0.05, 0.1) is 11.6 Å². The maximum absolute atomic E-state index is 13.0. The zero-order valence-electron chi connectivity index (χ0n) is 17.1. The predicted octanol–water partition coefficient (Wildman–Crippen LogP) is 2.97. The molecule has 2 aromatic rings. The summed E-state index contributed by atoms with van der Waals surface area (Å²) in [5.41, 5.74) is 9.33. The molecule has 1 aliphatic heterocycles. The Morgan fingerprint density at radius 1 is 1.17 bits per heavy atom. The van der Waals surface area contributed by atoms with Crippen LogP contribution in [0.2, 0.25) is 0 Å². The maximum Gasteiger partial charge on any atom is 0.319 e. The summed E-state index contributed by atoms with van der Waals surface area (Å²) in [6.45, 7) is 3.99. The number of nitriles is 1. The third kappa shape index (κ3) is 5.16. The van der Waals surface area contributed by atoms with Gasteiger partial charge >= 0.3 is 6.03 Å². The molecule has 4 N–H and O–H groups in total. The lowest BCUT2D eigenvalue weighted by molar-refractivity contribution is 0.0713. The molecule has 3 rings (SSSR count). The first-order valence-corrected chi connectivity index (χ1v) is 10.2. The fourth-order valence-corrected chi connectivity index (χ4v) is 3.67. The van der Waals surface area contributed by atoms with Crippen LogP contribution in [0.5, 0.6) is 0 Å². The molecular weight excluding hydrogens is 378 g/mol. The maximum atomic E-state index is 13.0. The number of hydrogen-bond donors (Lipinski definition) is 3. The lowest BCUT2D eigenvalue weighted by Gasteiger charge is -2.32. The van der Waals surface area contributed by atoms with Crippen LogP contribution in [0.1, 0.15) is 45.8 Å². The van der Waals surface area contributed by atoms with Crippen molar-refractivity contribution in [2.45, 2.75) is 25.7 Å². The molecule has 0 bridgehead atoms. The van der Waals surface area contributed by atoms with Gasteiger partial charge in [0.1, 0.15) is 0 Å². The number of hydrogen-bond acceptors (Lipinski definition) is 4. The Bertz CT molecular complexity index is 941. The summed E-state index contributed by atoms with van der Waals surface area (Å²) < 4.78 is 0. The normalized spacial score (nSPS) is 14.1. The summed E-state index contributed by atoms with van der Waals surface area (Å²) in [7, 11) is 0. The zero-order chi connectivity index (χ0) is 21.5. The Morgan fingerprint density at radius 3 is 2.50 bits per heavy atom. The molecule has 0 saturated carbocycles. The van der Waals surface area contributed by atoms with Gasteiger partial charge in [-0.1, -0.05) is 18.2 Å². The quantitative estimate of drug-likeness (QED) is 0.710. The van der Waals surface area contributed by atoms with Crippen molar-refractivity contribution in [1.29, 1.82) is 5.26 Å². The van der Waals surface area contributed by atoms with Crippen LogP contribution in [0.4, 0.5) is 10.5 Å². The number of rotatable bonds is 5. The molecule has 2 aromatic carbocycles. The van der Waals surface area contributed by atoms with Crippen LogP contribution in [-0.2, 0) is 0 Å². The molecule has 1 saturated heterocycles. The van der Waals surface area contributed by atoms with Crippen LogP contribution in [0.15, 0.2) is 42.5 Å². The number of benzene rings is 2. The van der Waals surface area contributed by atoms with E-state index in [2.05, 4.69) is 16.7 Å². The van der Waals surface area contributed by atoms with Crippen molar-refractivity contribution in [1.82, 2.24) is 10.2 Å². The first-order chi connectivity index (χ1) is 14.5. The van der Waals surface area contributed by atoms with Crippen molar-refractivity contribution in [3.05, 3.63) is 64.7 Å². The van der Waals surface area contributed by atoms with Gasteiger partial charge in [0.15, 0.2) is 0 Å². The monoisotopic (exact) mass is 405 g/mol. The zero-order valence-corrected chi connectivity index (χ0v) is 17.1. The molecule has 0 aliphatic carbocycles. The Kier molecular flexibility index (Phi) is 7.04. The number of urea groups is 1. The van der Waals surface area contributed by atoms with E-state index in [1.807, 2.05) is 42.2 Å². The molecule has 156 valence electrons.